The van der Waals surface area contributed by atoms with Gasteiger partial charge in [-0.3, -0.25) is 4.79 Å². The van der Waals surface area contributed by atoms with Crippen molar-refractivity contribution in [2.24, 2.45) is 0 Å². The molecule has 2 aromatic carbocycles. The van der Waals surface area contributed by atoms with E-state index in [4.69, 9.17) is 0 Å². The summed E-state index contributed by atoms with van der Waals surface area (Å²) >= 11 is 0. The third kappa shape index (κ3) is 5.18. The monoisotopic (exact) mass is 441 g/mol. The predicted octanol–water partition coefficient (Wildman–Crippen LogP) is 2.66. The number of likely N-dealkylation sites (N-methyl/N-ethyl adjacent to an activating group) is 1. The highest BCUT2D eigenvalue weighted by Gasteiger charge is 2.36. The molecule has 1 heterocycles. The van der Waals surface area contributed by atoms with Gasteiger partial charge in [0.05, 0.1) is 10.9 Å². The quantitative estimate of drug-likeness (QED) is 0.775. The lowest BCUT2D eigenvalue weighted by Crippen LogP contribution is -2.49. The van der Waals surface area contributed by atoms with Gasteiger partial charge in [0.15, 0.2) is 0 Å². The molecule has 1 aliphatic heterocycles. The molecule has 0 aromatic heterocycles. The first-order valence-corrected chi connectivity index (χ1v) is 10.7. The number of amides is 1. The van der Waals surface area contributed by atoms with Crippen molar-refractivity contribution >= 4 is 15.9 Å². The second-order valence-corrected chi connectivity index (χ2v) is 9.02. The molecule has 0 bridgehead atoms. The van der Waals surface area contributed by atoms with Crippen molar-refractivity contribution in [3.05, 3.63) is 65.7 Å². The summed E-state index contributed by atoms with van der Waals surface area (Å²) in [6.07, 6.45) is -4.52. The number of alkyl halides is 3. The van der Waals surface area contributed by atoms with E-state index >= 15 is 0 Å². The van der Waals surface area contributed by atoms with Crippen LogP contribution in [-0.2, 0) is 10.0 Å². The number of piperazine rings is 1. The summed E-state index contributed by atoms with van der Waals surface area (Å²) in [6.45, 7) is -0.0557. The van der Waals surface area contributed by atoms with E-state index in [-0.39, 0.29) is 16.5 Å². The van der Waals surface area contributed by atoms with Crippen LogP contribution in [0.3, 0.4) is 0 Å². The Labute approximate surface area is 173 Å². The molecule has 10 heteroatoms. The summed E-state index contributed by atoms with van der Waals surface area (Å²) in [5.74, 6) is -0.918. The fraction of sp³-hybridized carbons (Fsp3) is 0.350. The molecule has 6 nitrogen and oxygen atoms in total. The lowest BCUT2D eigenvalue weighted by Gasteiger charge is -2.39. The maximum absolute atomic E-state index is 13.3. The fourth-order valence-corrected chi connectivity index (χ4v) is 4.93. The van der Waals surface area contributed by atoms with Gasteiger partial charge < -0.3 is 10.2 Å². The Kier molecular flexibility index (Phi) is 6.49. The number of benzene rings is 2. The van der Waals surface area contributed by atoms with Gasteiger partial charge >= 0.3 is 6.18 Å². The van der Waals surface area contributed by atoms with Crippen LogP contribution in [0.15, 0.2) is 59.5 Å². The Morgan fingerprint density at radius 1 is 1.07 bits per heavy atom. The van der Waals surface area contributed by atoms with Gasteiger partial charge in [-0.05, 0) is 36.9 Å². The first-order chi connectivity index (χ1) is 14.1. The molecule has 0 aliphatic carbocycles. The molecule has 162 valence electrons. The van der Waals surface area contributed by atoms with Crippen molar-refractivity contribution in [2.75, 3.05) is 33.2 Å². The summed E-state index contributed by atoms with van der Waals surface area (Å²) in [5, 5.41) is 1.76. The van der Waals surface area contributed by atoms with Crippen LogP contribution in [0.1, 0.15) is 22.0 Å². The van der Waals surface area contributed by atoms with E-state index in [0.717, 1.165) is 5.56 Å². The number of hydrogen-bond acceptors (Lipinski definition) is 4. The van der Waals surface area contributed by atoms with Crippen LogP contribution in [0.4, 0.5) is 13.2 Å². The number of hydrogen-bond donors (Lipinski definition) is 1. The molecule has 3 rings (SSSR count). The van der Waals surface area contributed by atoms with Crippen LogP contribution < -0.4 is 5.32 Å². The van der Waals surface area contributed by atoms with Crippen molar-refractivity contribution in [2.45, 2.75) is 17.1 Å². The second kappa shape index (κ2) is 8.75. The third-order valence-corrected chi connectivity index (χ3v) is 6.81. The predicted molar refractivity (Wildman–Crippen MR) is 105 cm³/mol. The average Bonchev–Trinajstić information content (AvgIpc) is 2.72. The van der Waals surface area contributed by atoms with Crippen molar-refractivity contribution in [3.63, 3.8) is 0 Å². The molecule has 1 fully saturated rings. The molecule has 1 N–H and O–H groups in total. The Hall–Kier alpha value is -2.43. The minimum atomic E-state index is -4.52. The van der Waals surface area contributed by atoms with Gasteiger partial charge in [-0.1, -0.05) is 30.3 Å². The molecular weight excluding hydrogens is 419 g/mol. The Bertz CT molecular complexity index is 980. The number of nitrogens with zero attached hydrogens (tertiary/aromatic N) is 2. The van der Waals surface area contributed by atoms with E-state index in [1.54, 1.807) is 5.32 Å². The van der Waals surface area contributed by atoms with E-state index in [9.17, 15) is 26.4 Å². The van der Waals surface area contributed by atoms with E-state index in [2.05, 4.69) is 4.90 Å². The maximum atomic E-state index is 13.3. The smallest absolute Gasteiger partial charge is 0.343 e. The van der Waals surface area contributed by atoms with Crippen LogP contribution >= 0.6 is 0 Å². The highest BCUT2D eigenvalue weighted by molar-refractivity contribution is 7.89. The van der Waals surface area contributed by atoms with E-state index in [0.29, 0.717) is 19.6 Å². The summed E-state index contributed by atoms with van der Waals surface area (Å²) in [7, 11) is -1.94. The first kappa shape index (κ1) is 22.3. The van der Waals surface area contributed by atoms with Gasteiger partial charge in [-0.2, -0.15) is 17.5 Å². The SMILES string of the molecule is CN1CCN(S(=O)(=O)c2ccc(C(=O)NCC(F)(F)F)cc2)[C@H](c2ccccc2)C1. The van der Waals surface area contributed by atoms with Gasteiger partial charge in [0.25, 0.3) is 5.91 Å². The molecule has 1 amide bonds. The number of carbonyl (C=O) groups excluding carboxylic acids is 1. The molecule has 0 radical (unpaired) electrons. The zero-order valence-corrected chi connectivity index (χ0v) is 17.1. The Morgan fingerprint density at radius 3 is 2.30 bits per heavy atom. The average molecular weight is 441 g/mol. The second-order valence-electron chi connectivity index (χ2n) is 7.13. The molecule has 30 heavy (non-hydrogen) atoms. The van der Waals surface area contributed by atoms with Crippen LogP contribution in [0, 0.1) is 0 Å². The lowest BCUT2D eigenvalue weighted by molar-refractivity contribution is -0.123. The summed E-state index contributed by atoms with van der Waals surface area (Å²) in [6, 6.07) is 13.9. The van der Waals surface area contributed by atoms with Crippen LogP contribution in [0.25, 0.3) is 0 Å². The van der Waals surface area contributed by atoms with E-state index in [1.807, 2.05) is 37.4 Å². The maximum Gasteiger partial charge on any atom is 0.405 e. The largest absolute Gasteiger partial charge is 0.405 e. The van der Waals surface area contributed by atoms with Crippen molar-refractivity contribution in [3.8, 4) is 0 Å². The van der Waals surface area contributed by atoms with Crippen LogP contribution in [-0.4, -0.2) is 62.9 Å². The van der Waals surface area contributed by atoms with Crippen molar-refractivity contribution < 1.29 is 26.4 Å². The standard InChI is InChI=1S/C20H22F3N3O3S/c1-25-11-12-26(18(13-25)15-5-3-2-4-6-15)30(28,29)17-9-7-16(8-10-17)19(27)24-14-20(21,22)23/h2-10,18H,11-14H2,1H3,(H,24,27)/t18-/m0/s1. The topological polar surface area (TPSA) is 69.7 Å². The van der Waals surface area contributed by atoms with Gasteiger partial charge in [-0.25, -0.2) is 8.42 Å². The Morgan fingerprint density at radius 2 is 1.70 bits per heavy atom. The van der Waals surface area contributed by atoms with Gasteiger partial charge in [0.2, 0.25) is 10.0 Å². The molecule has 0 unspecified atom stereocenters. The van der Waals surface area contributed by atoms with Gasteiger partial charge in [0.1, 0.15) is 6.54 Å². The first-order valence-electron chi connectivity index (χ1n) is 9.28. The minimum absolute atomic E-state index is 0.0136. The zero-order valence-electron chi connectivity index (χ0n) is 16.3. The Balaban J connectivity index is 1.82. The third-order valence-electron chi connectivity index (χ3n) is 4.89. The minimum Gasteiger partial charge on any atom is -0.343 e. The molecule has 1 atom stereocenters. The van der Waals surface area contributed by atoms with Crippen molar-refractivity contribution in [1.82, 2.24) is 14.5 Å². The highest BCUT2D eigenvalue weighted by Crippen LogP contribution is 2.30. The number of rotatable bonds is 5. The number of halogens is 3. The fourth-order valence-electron chi connectivity index (χ4n) is 3.33. The van der Waals surface area contributed by atoms with Gasteiger partial charge in [-0.15, -0.1) is 0 Å². The highest BCUT2D eigenvalue weighted by atomic mass is 32.2. The van der Waals surface area contributed by atoms with Crippen molar-refractivity contribution in [1.29, 1.82) is 0 Å². The molecule has 2 aromatic rings. The molecule has 1 saturated heterocycles. The zero-order chi connectivity index (χ0) is 21.9. The lowest BCUT2D eigenvalue weighted by atomic mass is 10.1. The van der Waals surface area contributed by atoms with Crippen LogP contribution in [0.2, 0.25) is 0 Å². The van der Waals surface area contributed by atoms with E-state index in [1.165, 1.54) is 28.6 Å². The summed E-state index contributed by atoms with van der Waals surface area (Å²) in [4.78, 5) is 13.9. The molecular formula is C20H22F3N3O3S. The summed E-state index contributed by atoms with van der Waals surface area (Å²) in [5.41, 5.74) is 0.826. The van der Waals surface area contributed by atoms with Crippen LogP contribution in [0.5, 0.6) is 0 Å². The number of carbonyl (C=O) groups is 1. The molecule has 0 spiro atoms. The number of nitrogens with one attached hydrogen (secondary N) is 1. The van der Waals surface area contributed by atoms with E-state index < -0.39 is 28.7 Å². The number of sulfonamides is 1. The summed E-state index contributed by atoms with van der Waals surface area (Å²) < 4.78 is 64.8. The molecule has 0 saturated carbocycles. The van der Waals surface area contributed by atoms with Gasteiger partial charge in [0, 0.05) is 25.2 Å². The normalized spacial score (nSPS) is 18.9. The molecule has 1 aliphatic rings.